The normalized spacial score (nSPS) is 10.4. The van der Waals surface area contributed by atoms with E-state index in [0.29, 0.717) is 24.2 Å². The summed E-state index contributed by atoms with van der Waals surface area (Å²) in [6, 6.07) is 8.92. The lowest BCUT2D eigenvalue weighted by molar-refractivity contribution is -0.137. The predicted molar refractivity (Wildman–Crippen MR) is 69.3 cm³/mol. The maximum Gasteiger partial charge on any atom is 0.358 e. The molecule has 0 radical (unpaired) electrons. The van der Waals surface area contributed by atoms with Crippen LogP contribution in [0.5, 0.6) is 0 Å². The van der Waals surface area contributed by atoms with E-state index in [1.807, 2.05) is 6.07 Å². The van der Waals surface area contributed by atoms with Crippen LogP contribution in [0, 0.1) is 0 Å². The first-order chi connectivity index (χ1) is 9.59. The molecule has 0 atom stereocenters. The summed E-state index contributed by atoms with van der Waals surface area (Å²) in [5, 5.41) is 25.2. The van der Waals surface area contributed by atoms with Gasteiger partial charge in [0.15, 0.2) is 5.69 Å². The Bertz CT molecular complexity index is 622. The van der Waals surface area contributed by atoms with Crippen molar-refractivity contribution in [1.29, 1.82) is 0 Å². The standard InChI is InChI=1S/C13H13N3O4/c17-10(18)7-4-8-16-12(9-5-2-1-3-6-9)11(13(19)20)14-15-16/h1-3,5-6H,4,7-8H2,(H,17,18)(H,19,20). The first kappa shape index (κ1) is 13.7. The van der Waals surface area contributed by atoms with Crippen molar-refractivity contribution < 1.29 is 19.8 Å². The molecule has 0 spiro atoms. The van der Waals surface area contributed by atoms with Crippen LogP contribution >= 0.6 is 0 Å². The van der Waals surface area contributed by atoms with E-state index < -0.39 is 11.9 Å². The number of hydrogen-bond acceptors (Lipinski definition) is 4. The number of carbonyl (C=O) groups is 2. The van der Waals surface area contributed by atoms with Gasteiger partial charge in [0.1, 0.15) is 5.69 Å². The van der Waals surface area contributed by atoms with E-state index in [0.717, 1.165) is 0 Å². The molecule has 7 heteroatoms. The van der Waals surface area contributed by atoms with Crippen molar-refractivity contribution in [3.05, 3.63) is 36.0 Å². The van der Waals surface area contributed by atoms with E-state index in [2.05, 4.69) is 10.3 Å². The maximum atomic E-state index is 11.2. The Morgan fingerprint density at radius 1 is 1.15 bits per heavy atom. The number of aromatic nitrogens is 3. The van der Waals surface area contributed by atoms with Crippen molar-refractivity contribution in [3.63, 3.8) is 0 Å². The van der Waals surface area contributed by atoms with E-state index >= 15 is 0 Å². The second-order valence-electron chi connectivity index (χ2n) is 4.18. The summed E-state index contributed by atoms with van der Waals surface area (Å²) in [7, 11) is 0. The summed E-state index contributed by atoms with van der Waals surface area (Å²) >= 11 is 0. The van der Waals surface area contributed by atoms with Gasteiger partial charge in [-0.3, -0.25) is 4.79 Å². The fraction of sp³-hybridized carbons (Fsp3) is 0.231. The fourth-order valence-corrected chi connectivity index (χ4v) is 1.88. The zero-order valence-electron chi connectivity index (χ0n) is 10.6. The molecule has 0 unspecified atom stereocenters. The quantitative estimate of drug-likeness (QED) is 0.827. The summed E-state index contributed by atoms with van der Waals surface area (Å²) in [5.74, 6) is -2.06. The van der Waals surface area contributed by atoms with Crippen LogP contribution in [0.1, 0.15) is 23.3 Å². The number of hydrogen-bond donors (Lipinski definition) is 2. The molecule has 0 aliphatic heterocycles. The average molecular weight is 275 g/mol. The second kappa shape index (κ2) is 5.96. The number of rotatable bonds is 6. The zero-order chi connectivity index (χ0) is 14.5. The number of aromatic carboxylic acids is 1. The lowest BCUT2D eigenvalue weighted by atomic mass is 10.1. The van der Waals surface area contributed by atoms with Gasteiger partial charge in [-0.25, -0.2) is 9.48 Å². The van der Waals surface area contributed by atoms with Crippen molar-refractivity contribution >= 4 is 11.9 Å². The lowest BCUT2D eigenvalue weighted by Gasteiger charge is -2.06. The lowest BCUT2D eigenvalue weighted by Crippen LogP contribution is -2.06. The largest absolute Gasteiger partial charge is 0.481 e. The summed E-state index contributed by atoms with van der Waals surface area (Å²) in [6.45, 7) is 0.302. The number of nitrogens with zero attached hydrogens (tertiary/aromatic N) is 3. The Labute approximate surface area is 114 Å². The molecule has 2 rings (SSSR count). The van der Waals surface area contributed by atoms with Crippen molar-refractivity contribution in [2.24, 2.45) is 0 Å². The Kier molecular flexibility index (Phi) is 4.09. The molecule has 2 N–H and O–H groups in total. The summed E-state index contributed by atoms with van der Waals surface area (Å²) in [5.41, 5.74) is 0.945. The molecule has 20 heavy (non-hydrogen) atoms. The van der Waals surface area contributed by atoms with E-state index in [9.17, 15) is 9.59 Å². The summed E-state index contributed by atoms with van der Waals surface area (Å²) in [4.78, 5) is 21.7. The summed E-state index contributed by atoms with van der Waals surface area (Å²) < 4.78 is 1.43. The number of benzene rings is 1. The molecule has 1 aromatic carbocycles. The third-order valence-electron chi connectivity index (χ3n) is 2.75. The molecule has 2 aromatic rings. The monoisotopic (exact) mass is 275 g/mol. The van der Waals surface area contributed by atoms with E-state index in [1.165, 1.54) is 4.68 Å². The van der Waals surface area contributed by atoms with Crippen LogP contribution in [-0.2, 0) is 11.3 Å². The minimum Gasteiger partial charge on any atom is -0.481 e. The van der Waals surface area contributed by atoms with Gasteiger partial charge in [-0.05, 0) is 6.42 Å². The fourth-order valence-electron chi connectivity index (χ4n) is 1.88. The van der Waals surface area contributed by atoms with Gasteiger partial charge in [-0.2, -0.15) is 0 Å². The van der Waals surface area contributed by atoms with Crippen LogP contribution < -0.4 is 0 Å². The molecule has 0 fully saturated rings. The smallest absolute Gasteiger partial charge is 0.358 e. The maximum absolute atomic E-state index is 11.2. The van der Waals surface area contributed by atoms with Crippen molar-refractivity contribution in [3.8, 4) is 11.3 Å². The van der Waals surface area contributed by atoms with Crippen LogP contribution in [0.4, 0.5) is 0 Å². The molecule has 0 amide bonds. The van der Waals surface area contributed by atoms with Gasteiger partial charge in [0.05, 0.1) is 0 Å². The summed E-state index contributed by atoms with van der Waals surface area (Å²) in [6.07, 6.45) is 0.355. The van der Waals surface area contributed by atoms with Crippen molar-refractivity contribution in [2.45, 2.75) is 19.4 Å². The third kappa shape index (κ3) is 3.00. The molecule has 104 valence electrons. The Hall–Kier alpha value is -2.70. The first-order valence-corrected chi connectivity index (χ1v) is 6.03. The minimum absolute atomic E-state index is 0.00348. The Morgan fingerprint density at radius 3 is 2.45 bits per heavy atom. The number of aryl methyl sites for hydroxylation is 1. The molecule has 0 aliphatic carbocycles. The van der Waals surface area contributed by atoms with Crippen LogP contribution in [0.2, 0.25) is 0 Å². The molecular weight excluding hydrogens is 262 g/mol. The van der Waals surface area contributed by atoms with Gasteiger partial charge in [0, 0.05) is 18.5 Å². The van der Waals surface area contributed by atoms with Crippen LogP contribution in [0.25, 0.3) is 11.3 Å². The molecule has 0 aliphatic rings. The topological polar surface area (TPSA) is 105 Å². The SMILES string of the molecule is O=C(O)CCCn1nnc(C(=O)O)c1-c1ccccc1. The van der Waals surface area contributed by atoms with Crippen molar-refractivity contribution in [1.82, 2.24) is 15.0 Å². The molecule has 1 heterocycles. The predicted octanol–water partition coefficient (Wildman–Crippen LogP) is 1.51. The molecule has 0 saturated carbocycles. The van der Waals surface area contributed by atoms with Crippen LogP contribution in [0.3, 0.4) is 0 Å². The molecular formula is C13H13N3O4. The molecule has 0 bridgehead atoms. The van der Waals surface area contributed by atoms with Crippen LogP contribution in [0.15, 0.2) is 30.3 Å². The Balaban J connectivity index is 2.33. The second-order valence-corrected chi connectivity index (χ2v) is 4.18. The van der Waals surface area contributed by atoms with Crippen LogP contribution in [-0.4, -0.2) is 37.1 Å². The third-order valence-corrected chi connectivity index (χ3v) is 2.75. The molecule has 1 aromatic heterocycles. The highest BCUT2D eigenvalue weighted by molar-refractivity contribution is 5.92. The van der Waals surface area contributed by atoms with Gasteiger partial charge in [0.25, 0.3) is 0 Å². The van der Waals surface area contributed by atoms with E-state index in [1.54, 1.807) is 24.3 Å². The zero-order valence-corrected chi connectivity index (χ0v) is 10.6. The van der Waals surface area contributed by atoms with Gasteiger partial charge in [0.2, 0.25) is 0 Å². The van der Waals surface area contributed by atoms with E-state index in [4.69, 9.17) is 10.2 Å². The number of aliphatic carboxylic acids is 1. The highest BCUT2D eigenvalue weighted by Crippen LogP contribution is 2.22. The number of carboxylic acids is 2. The highest BCUT2D eigenvalue weighted by atomic mass is 16.4. The van der Waals surface area contributed by atoms with Crippen molar-refractivity contribution in [2.75, 3.05) is 0 Å². The highest BCUT2D eigenvalue weighted by Gasteiger charge is 2.20. The molecule has 7 nitrogen and oxygen atoms in total. The van der Waals surface area contributed by atoms with E-state index in [-0.39, 0.29) is 12.1 Å². The van der Waals surface area contributed by atoms with Gasteiger partial charge in [-0.1, -0.05) is 35.5 Å². The Morgan fingerprint density at radius 2 is 1.85 bits per heavy atom. The van der Waals surface area contributed by atoms with Gasteiger partial charge in [-0.15, -0.1) is 5.10 Å². The minimum atomic E-state index is -1.16. The number of carboxylic acid groups (broad SMARTS) is 2. The molecule has 0 saturated heterocycles. The van der Waals surface area contributed by atoms with Gasteiger partial charge < -0.3 is 10.2 Å². The average Bonchev–Trinajstić information content (AvgIpc) is 2.83. The van der Waals surface area contributed by atoms with Gasteiger partial charge >= 0.3 is 11.9 Å². The first-order valence-electron chi connectivity index (χ1n) is 6.03.